The van der Waals surface area contributed by atoms with Crippen LogP contribution in [-0.4, -0.2) is 22.5 Å². The molecule has 1 aromatic carbocycles. The van der Waals surface area contributed by atoms with Crippen molar-refractivity contribution in [2.24, 2.45) is 5.10 Å². The number of carbonyl (C=O) groups is 2. The van der Waals surface area contributed by atoms with Crippen LogP contribution < -0.4 is 10.7 Å². The Hall–Kier alpha value is -3.26. The molecule has 0 aliphatic heterocycles. The van der Waals surface area contributed by atoms with E-state index in [-0.39, 0.29) is 17.6 Å². The number of hydrazone groups is 1. The van der Waals surface area contributed by atoms with Gasteiger partial charge in [-0.05, 0) is 53.9 Å². The number of nitrogens with one attached hydrogen (secondary N) is 2. The van der Waals surface area contributed by atoms with Gasteiger partial charge in [0, 0.05) is 40.1 Å². The number of rotatable bonds is 4. The lowest BCUT2D eigenvalue weighted by Gasteiger charge is -2.13. The van der Waals surface area contributed by atoms with Crippen molar-refractivity contribution in [3.05, 3.63) is 81.5 Å². The molecule has 0 bridgehead atoms. The quantitative estimate of drug-likeness (QED) is 0.554. The van der Waals surface area contributed by atoms with Gasteiger partial charge in [0.1, 0.15) is 5.76 Å². The lowest BCUT2D eigenvalue weighted by molar-refractivity contribution is 0.0953. The van der Waals surface area contributed by atoms with Crippen LogP contribution in [0, 0.1) is 6.92 Å². The van der Waals surface area contributed by atoms with Crippen LogP contribution in [-0.2, 0) is 6.42 Å². The summed E-state index contributed by atoms with van der Waals surface area (Å²) in [5, 5.41) is 7.18. The van der Waals surface area contributed by atoms with Crippen LogP contribution in [0.5, 0.6) is 0 Å². The topological polar surface area (TPSA) is 96.6 Å². The highest BCUT2D eigenvalue weighted by Gasteiger charge is 2.28. The maximum atomic E-state index is 12.7. The number of aryl methyl sites for hydroxylation is 1. The zero-order valence-electron chi connectivity index (χ0n) is 16.2. The molecule has 8 heteroatoms. The van der Waals surface area contributed by atoms with E-state index < -0.39 is 0 Å². The van der Waals surface area contributed by atoms with Gasteiger partial charge in [-0.25, -0.2) is 5.43 Å². The number of anilines is 1. The van der Waals surface area contributed by atoms with Crippen molar-refractivity contribution in [2.45, 2.75) is 26.2 Å². The predicted molar refractivity (Wildman–Crippen MR) is 117 cm³/mol. The number of hydrogen-bond acceptors (Lipinski definition) is 5. The van der Waals surface area contributed by atoms with Crippen LogP contribution >= 0.6 is 15.9 Å². The molecule has 152 valence electrons. The minimum absolute atomic E-state index is 0.265. The highest BCUT2D eigenvalue weighted by atomic mass is 79.9. The van der Waals surface area contributed by atoms with E-state index in [1.807, 2.05) is 37.3 Å². The Bertz CT molecular complexity index is 1140. The van der Waals surface area contributed by atoms with Crippen molar-refractivity contribution in [1.82, 2.24) is 10.4 Å². The Morgan fingerprint density at radius 2 is 1.93 bits per heavy atom. The molecule has 0 saturated carbocycles. The summed E-state index contributed by atoms with van der Waals surface area (Å²) in [5.74, 6) is 0.318. The van der Waals surface area contributed by atoms with Crippen molar-refractivity contribution in [3.8, 4) is 0 Å². The van der Waals surface area contributed by atoms with Crippen LogP contribution in [0.4, 0.5) is 5.69 Å². The summed E-state index contributed by atoms with van der Waals surface area (Å²) in [6, 6.07) is 10.9. The Morgan fingerprint density at radius 3 is 2.70 bits per heavy atom. The molecule has 0 fully saturated rings. The van der Waals surface area contributed by atoms with E-state index in [9.17, 15) is 9.59 Å². The summed E-state index contributed by atoms with van der Waals surface area (Å²) >= 11 is 3.30. The Labute approximate surface area is 181 Å². The first-order valence-electron chi connectivity index (χ1n) is 9.49. The molecule has 0 unspecified atom stereocenters. The van der Waals surface area contributed by atoms with Crippen LogP contribution in [0.25, 0.3) is 0 Å². The third-order valence-electron chi connectivity index (χ3n) is 4.82. The summed E-state index contributed by atoms with van der Waals surface area (Å²) in [6.45, 7) is 1.84. The summed E-state index contributed by atoms with van der Waals surface area (Å²) in [6.07, 6.45) is 5.31. The SMILES string of the molecule is Cc1c(C(=O)Nc2ccccc2)oc2c1/C(=N/NC(=O)c1cncc(Br)c1)CCC2. The number of hydrogen-bond donors (Lipinski definition) is 2. The van der Waals surface area contributed by atoms with Crippen molar-refractivity contribution in [2.75, 3.05) is 5.32 Å². The van der Waals surface area contributed by atoms with Crippen molar-refractivity contribution in [1.29, 1.82) is 0 Å². The van der Waals surface area contributed by atoms with Crippen molar-refractivity contribution >= 4 is 39.1 Å². The molecule has 0 spiro atoms. The molecule has 7 nitrogen and oxygen atoms in total. The molecule has 3 aromatic rings. The van der Waals surface area contributed by atoms with E-state index in [0.29, 0.717) is 33.6 Å². The number of para-hydroxylation sites is 1. The molecule has 2 N–H and O–H groups in total. The summed E-state index contributed by atoms with van der Waals surface area (Å²) in [7, 11) is 0. The van der Waals surface area contributed by atoms with Crippen LogP contribution in [0.15, 0.2) is 62.8 Å². The minimum atomic E-state index is -0.355. The maximum Gasteiger partial charge on any atom is 0.291 e. The first kappa shape index (κ1) is 20.0. The van der Waals surface area contributed by atoms with Crippen LogP contribution in [0.3, 0.4) is 0 Å². The number of benzene rings is 1. The zero-order chi connectivity index (χ0) is 21.1. The molecule has 0 atom stereocenters. The molecule has 30 heavy (non-hydrogen) atoms. The molecule has 1 aliphatic carbocycles. The van der Waals surface area contributed by atoms with Gasteiger partial charge in [-0.3, -0.25) is 14.6 Å². The molecular formula is C22H19BrN4O3. The van der Waals surface area contributed by atoms with E-state index in [1.165, 1.54) is 6.20 Å². The lowest BCUT2D eigenvalue weighted by Crippen LogP contribution is -2.22. The summed E-state index contributed by atoms with van der Waals surface area (Å²) in [4.78, 5) is 29.1. The second-order valence-electron chi connectivity index (χ2n) is 6.92. The van der Waals surface area contributed by atoms with Gasteiger partial charge in [0.25, 0.3) is 11.8 Å². The average molecular weight is 467 g/mol. The lowest BCUT2D eigenvalue weighted by atomic mass is 9.93. The summed E-state index contributed by atoms with van der Waals surface area (Å²) in [5.41, 5.74) is 5.90. The monoisotopic (exact) mass is 466 g/mol. The molecule has 4 rings (SSSR count). The third kappa shape index (κ3) is 4.18. The third-order valence-corrected chi connectivity index (χ3v) is 5.26. The second-order valence-corrected chi connectivity index (χ2v) is 7.83. The number of aromatic nitrogens is 1. The van der Waals surface area contributed by atoms with Crippen LogP contribution in [0.2, 0.25) is 0 Å². The highest BCUT2D eigenvalue weighted by molar-refractivity contribution is 9.10. The largest absolute Gasteiger partial charge is 0.455 e. The first-order chi connectivity index (χ1) is 14.5. The highest BCUT2D eigenvalue weighted by Crippen LogP contribution is 2.30. The van der Waals surface area contributed by atoms with Gasteiger partial charge in [-0.2, -0.15) is 5.10 Å². The van der Waals surface area contributed by atoms with E-state index in [0.717, 1.165) is 24.0 Å². The Kier molecular flexibility index (Phi) is 5.76. The molecule has 1 aliphatic rings. The number of halogens is 1. The number of furan rings is 1. The second kappa shape index (κ2) is 8.62. The van der Waals surface area contributed by atoms with Gasteiger partial charge in [0.05, 0.1) is 11.3 Å². The number of amides is 2. The number of nitrogens with zero attached hydrogens (tertiary/aromatic N) is 2. The van der Waals surface area contributed by atoms with Gasteiger partial charge in [-0.1, -0.05) is 18.2 Å². The molecule has 2 heterocycles. The number of fused-ring (bicyclic) bond motifs is 1. The molecule has 0 saturated heterocycles. The van der Waals surface area contributed by atoms with Gasteiger partial charge < -0.3 is 9.73 Å². The Balaban J connectivity index is 1.57. The maximum absolute atomic E-state index is 12.7. The summed E-state index contributed by atoms with van der Waals surface area (Å²) < 4.78 is 6.60. The number of carbonyl (C=O) groups excluding carboxylic acids is 2. The van der Waals surface area contributed by atoms with Gasteiger partial charge in [0.15, 0.2) is 5.76 Å². The first-order valence-corrected chi connectivity index (χ1v) is 10.3. The van der Waals surface area contributed by atoms with Gasteiger partial charge in [0.2, 0.25) is 0 Å². The predicted octanol–water partition coefficient (Wildman–Crippen LogP) is 4.47. The number of pyridine rings is 1. The smallest absolute Gasteiger partial charge is 0.291 e. The standard InChI is InChI=1S/C22H19BrN4O3/c1-13-19-17(26-27-21(28)14-10-15(23)12-24-11-14)8-5-9-18(19)30-20(13)22(29)25-16-6-3-2-4-7-16/h2-4,6-7,10-12H,5,8-9H2,1H3,(H,25,29)(H,27,28)/b26-17+. The minimum Gasteiger partial charge on any atom is -0.455 e. The average Bonchev–Trinajstić information content (AvgIpc) is 3.10. The van der Waals surface area contributed by atoms with Gasteiger partial charge in [-0.15, -0.1) is 0 Å². The molecule has 2 aromatic heterocycles. The normalized spacial score (nSPS) is 14.3. The molecule has 0 radical (unpaired) electrons. The van der Waals surface area contributed by atoms with Crippen molar-refractivity contribution < 1.29 is 14.0 Å². The van der Waals surface area contributed by atoms with E-state index >= 15 is 0 Å². The fourth-order valence-electron chi connectivity index (χ4n) is 3.42. The fraction of sp³-hybridized carbons (Fsp3) is 0.182. The van der Waals surface area contributed by atoms with Gasteiger partial charge >= 0.3 is 0 Å². The van der Waals surface area contributed by atoms with E-state index in [2.05, 4.69) is 36.8 Å². The molecular weight excluding hydrogens is 448 g/mol. The van der Waals surface area contributed by atoms with E-state index in [1.54, 1.807) is 12.3 Å². The Morgan fingerprint density at radius 1 is 1.13 bits per heavy atom. The van der Waals surface area contributed by atoms with Crippen molar-refractivity contribution in [3.63, 3.8) is 0 Å². The zero-order valence-corrected chi connectivity index (χ0v) is 17.8. The molecule has 2 amide bonds. The van der Waals surface area contributed by atoms with Crippen LogP contribution in [0.1, 0.15) is 50.6 Å². The fourth-order valence-corrected chi connectivity index (χ4v) is 3.79. The van der Waals surface area contributed by atoms with E-state index in [4.69, 9.17) is 4.42 Å².